The standard InChI is InChI=1S/C17H26O/c1-6-16-13(4)12(3)14(5)17(18-16)15-10-8-7-9-11(15)2/h7-10,12-14,16-17H,6H2,1-5H3/t12-,13-,14+,16+,17+/m0/s1. The van der Waals surface area contributed by atoms with Crippen molar-refractivity contribution < 1.29 is 4.74 Å². The lowest BCUT2D eigenvalue weighted by Gasteiger charge is -2.44. The fourth-order valence-electron chi connectivity index (χ4n) is 3.26. The highest BCUT2D eigenvalue weighted by atomic mass is 16.5. The van der Waals surface area contributed by atoms with Crippen molar-refractivity contribution in [1.29, 1.82) is 0 Å². The first kappa shape index (κ1) is 13.6. The summed E-state index contributed by atoms with van der Waals surface area (Å²) in [5.74, 6) is 1.96. The second-order valence-corrected chi connectivity index (χ2v) is 5.94. The van der Waals surface area contributed by atoms with Crippen LogP contribution in [0.4, 0.5) is 0 Å². The molecule has 0 unspecified atom stereocenters. The van der Waals surface area contributed by atoms with Gasteiger partial charge < -0.3 is 4.74 Å². The van der Waals surface area contributed by atoms with E-state index < -0.39 is 0 Å². The van der Waals surface area contributed by atoms with Gasteiger partial charge in [-0.1, -0.05) is 52.0 Å². The fraction of sp³-hybridized carbons (Fsp3) is 0.647. The number of hydrogen-bond acceptors (Lipinski definition) is 1. The zero-order chi connectivity index (χ0) is 13.3. The number of ether oxygens (including phenoxy) is 1. The van der Waals surface area contributed by atoms with Gasteiger partial charge in [0.15, 0.2) is 0 Å². The molecule has 0 amide bonds. The van der Waals surface area contributed by atoms with Crippen molar-refractivity contribution in [2.75, 3.05) is 0 Å². The lowest BCUT2D eigenvalue weighted by atomic mass is 9.74. The normalized spacial score (nSPS) is 36.6. The maximum absolute atomic E-state index is 6.40. The Labute approximate surface area is 112 Å². The first-order chi connectivity index (χ1) is 8.56. The smallest absolute Gasteiger partial charge is 0.0859 e. The van der Waals surface area contributed by atoms with Crippen LogP contribution >= 0.6 is 0 Å². The molecule has 100 valence electrons. The van der Waals surface area contributed by atoms with E-state index in [0.717, 1.165) is 6.42 Å². The summed E-state index contributed by atoms with van der Waals surface area (Å²) >= 11 is 0. The van der Waals surface area contributed by atoms with Crippen LogP contribution in [0.15, 0.2) is 24.3 Å². The Morgan fingerprint density at radius 3 is 2.28 bits per heavy atom. The van der Waals surface area contributed by atoms with E-state index in [1.807, 2.05) is 0 Å². The van der Waals surface area contributed by atoms with Gasteiger partial charge in [0, 0.05) is 0 Å². The summed E-state index contributed by atoms with van der Waals surface area (Å²) in [6, 6.07) is 8.65. The summed E-state index contributed by atoms with van der Waals surface area (Å²) in [6.45, 7) is 11.5. The zero-order valence-corrected chi connectivity index (χ0v) is 12.3. The average Bonchev–Trinajstić information content (AvgIpc) is 2.38. The second kappa shape index (κ2) is 5.44. The Kier molecular flexibility index (Phi) is 4.11. The van der Waals surface area contributed by atoms with Gasteiger partial charge in [-0.05, 0) is 42.2 Å². The van der Waals surface area contributed by atoms with Crippen LogP contribution in [0.2, 0.25) is 0 Å². The lowest BCUT2D eigenvalue weighted by molar-refractivity contribution is -0.136. The molecule has 18 heavy (non-hydrogen) atoms. The summed E-state index contributed by atoms with van der Waals surface area (Å²) < 4.78 is 6.40. The van der Waals surface area contributed by atoms with Gasteiger partial charge in [0.25, 0.3) is 0 Å². The fourth-order valence-corrected chi connectivity index (χ4v) is 3.26. The Balaban J connectivity index is 2.30. The van der Waals surface area contributed by atoms with E-state index in [9.17, 15) is 0 Å². The van der Waals surface area contributed by atoms with Crippen LogP contribution in [0.25, 0.3) is 0 Å². The van der Waals surface area contributed by atoms with E-state index in [-0.39, 0.29) is 6.10 Å². The van der Waals surface area contributed by atoms with Crippen molar-refractivity contribution in [2.24, 2.45) is 17.8 Å². The largest absolute Gasteiger partial charge is 0.370 e. The SMILES string of the molecule is CC[C@H]1O[C@@H](c2ccccc2C)[C@H](C)[C@@H](C)[C@@H]1C. The van der Waals surface area contributed by atoms with Crippen molar-refractivity contribution in [3.05, 3.63) is 35.4 Å². The van der Waals surface area contributed by atoms with Crippen LogP contribution in [0.5, 0.6) is 0 Å². The Bertz CT molecular complexity index is 396. The highest BCUT2D eigenvalue weighted by molar-refractivity contribution is 5.28. The zero-order valence-electron chi connectivity index (χ0n) is 12.3. The summed E-state index contributed by atoms with van der Waals surface area (Å²) in [5, 5.41) is 0. The van der Waals surface area contributed by atoms with Gasteiger partial charge in [-0.3, -0.25) is 0 Å². The first-order valence-electron chi connectivity index (χ1n) is 7.27. The molecule has 0 bridgehead atoms. The summed E-state index contributed by atoms with van der Waals surface area (Å²) in [4.78, 5) is 0. The molecule has 2 rings (SSSR count). The highest BCUT2D eigenvalue weighted by Crippen LogP contribution is 2.44. The van der Waals surface area contributed by atoms with Crippen LogP contribution in [-0.4, -0.2) is 6.10 Å². The van der Waals surface area contributed by atoms with Gasteiger partial charge in [-0.2, -0.15) is 0 Å². The van der Waals surface area contributed by atoms with Crippen LogP contribution in [0, 0.1) is 24.7 Å². The number of hydrogen-bond donors (Lipinski definition) is 0. The summed E-state index contributed by atoms with van der Waals surface area (Å²) in [5.41, 5.74) is 2.73. The monoisotopic (exact) mass is 246 g/mol. The van der Waals surface area contributed by atoms with E-state index in [1.54, 1.807) is 0 Å². The minimum atomic E-state index is 0.266. The van der Waals surface area contributed by atoms with Crippen LogP contribution < -0.4 is 0 Å². The van der Waals surface area contributed by atoms with Crippen molar-refractivity contribution in [3.63, 3.8) is 0 Å². The molecular formula is C17H26O. The Hall–Kier alpha value is -0.820. The predicted octanol–water partition coefficient (Wildman–Crippen LogP) is 4.75. The van der Waals surface area contributed by atoms with Crippen molar-refractivity contribution in [2.45, 2.75) is 53.2 Å². The molecule has 5 atom stereocenters. The molecule has 0 N–H and O–H groups in total. The third kappa shape index (κ3) is 2.33. The average molecular weight is 246 g/mol. The molecule has 1 heterocycles. The Morgan fingerprint density at radius 1 is 1.00 bits per heavy atom. The molecule has 1 fully saturated rings. The van der Waals surface area contributed by atoms with Crippen LogP contribution in [-0.2, 0) is 4.74 Å². The maximum Gasteiger partial charge on any atom is 0.0859 e. The summed E-state index contributed by atoms with van der Waals surface area (Å²) in [7, 11) is 0. The number of benzene rings is 1. The summed E-state index contributed by atoms with van der Waals surface area (Å²) in [6.07, 6.45) is 1.78. The van der Waals surface area contributed by atoms with Gasteiger partial charge in [-0.15, -0.1) is 0 Å². The lowest BCUT2D eigenvalue weighted by Crippen LogP contribution is -2.40. The van der Waals surface area contributed by atoms with Gasteiger partial charge in [0.05, 0.1) is 12.2 Å². The van der Waals surface area contributed by atoms with Crippen LogP contribution in [0.3, 0.4) is 0 Å². The van der Waals surface area contributed by atoms with E-state index >= 15 is 0 Å². The molecule has 0 aliphatic carbocycles. The second-order valence-electron chi connectivity index (χ2n) is 5.94. The molecular weight excluding hydrogens is 220 g/mol. The topological polar surface area (TPSA) is 9.23 Å². The molecule has 0 aromatic heterocycles. The third-order valence-electron chi connectivity index (χ3n) is 4.94. The maximum atomic E-state index is 6.40. The van der Waals surface area contributed by atoms with E-state index in [2.05, 4.69) is 58.9 Å². The molecule has 0 saturated carbocycles. The third-order valence-corrected chi connectivity index (χ3v) is 4.94. The molecule has 1 aromatic rings. The van der Waals surface area contributed by atoms with Gasteiger partial charge in [-0.25, -0.2) is 0 Å². The number of rotatable bonds is 2. The molecule has 0 radical (unpaired) electrons. The first-order valence-corrected chi connectivity index (χ1v) is 7.27. The highest BCUT2D eigenvalue weighted by Gasteiger charge is 2.39. The molecule has 1 aliphatic heterocycles. The minimum absolute atomic E-state index is 0.266. The van der Waals surface area contributed by atoms with Gasteiger partial charge >= 0.3 is 0 Å². The molecule has 1 aliphatic rings. The van der Waals surface area contributed by atoms with Crippen molar-refractivity contribution in [3.8, 4) is 0 Å². The van der Waals surface area contributed by atoms with Crippen LogP contribution in [0.1, 0.15) is 51.3 Å². The molecule has 1 aromatic carbocycles. The van der Waals surface area contributed by atoms with E-state index in [4.69, 9.17) is 4.74 Å². The predicted molar refractivity (Wildman–Crippen MR) is 76.6 cm³/mol. The van der Waals surface area contributed by atoms with E-state index in [0.29, 0.717) is 23.9 Å². The molecule has 0 spiro atoms. The van der Waals surface area contributed by atoms with Gasteiger partial charge in [0.2, 0.25) is 0 Å². The molecule has 1 saturated heterocycles. The van der Waals surface area contributed by atoms with Gasteiger partial charge in [0.1, 0.15) is 0 Å². The van der Waals surface area contributed by atoms with Crippen molar-refractivity contribution in [1.82, 2.24) is 0 Å². The number of aryl methyl sites for hydroxylation is 1. The minimum Gasteiger partial charge on any atom is -0.370 e. The quantitative estimate of drug-likeness (QED) is 0.731. The molecule has 1 heteroatoms. The van der Waals surface area contributed by atoms with Crippen molar-refractivity contribution >= 4 is 0 Å². The molecule has 1 nitrogen and oxygen atoms in total. The Morgan fingerprint density at radius 2 is 1.67 bits per heavy atom. The van der Waals surface area contributed by atoms with E-state index in [1.165, 1.54) is 11.1 Å².